The lowest BCUT2D eigenvalue weighted by Crippen LogP contribution is -2.08. The SMILES string of the molecule is CC(Nc1ccccc1-n1cnnn1)c1cncs1. The lowest BCUT2D eigenvalue weighted by Gasteiger charge is -2.16. The van der Waals surface area contributed by atoms with Gasteiger partial charge in [-0.1, -0.05) is 12.1 Å². The molecule has 0 radical (unpaired) electrons. The van der Waals surface area contributed by atoms with Crippen LogP contribution in [0.2, 0.25) is 0 Å². The van der Waals surface area contributed by atoms with Crippen molar-refractivity contribution in [3.63, 3.8) is 0 Å². The number of benzene rings is 1. The molecule has 2 aromatic heterocycles. The standard InChI is InChI=1S/C12H12N6S/c1-9(12-6-13-8-19-12)15-10-4-2-3-5-11(10)18-7-14-16-17-18/h2-9,15H,1H3. The lowest BCUT2D eigenvalue weighted by atomic mass is 10.2. The Bertz CT molecular complexity index is 634. The van der Waals surface area contributed by atoms with Crippen LogP contribution >= 0.6 is 11.3 Å². The van der Waals surface area contributed by atoms with Gasteiger partial charge in [-0.05, 0) is 29.5 Å². The van der Waals surface area contributed by atoms with Crippen molar-refractivity contribution in [1.29, 1.82) is 0 Å². The first-order valence-corrected chi connectivity index (χ1v) is 6.70. The molecule has 1 N–H and O–H groups in total. The predicted molar refractivity (Wildman–Crippen MR) is 73.3 cm³/mol. The Morgan fingerprint density at radius 3 is 2.95 bits per heavy atom. The van der Waals surface area contributed by atoms with Crippen LogP contribution in [0.15, 0.2) is 42.3 Å². The maximum atomic E-state index is 4.10. The topological polar surface area (TPSA) is 68.5 Å². The van der Waals surface area contributed by atoms with Crippen LogP contribution in [0.1, 0.15) is 17.8 Å². The van der Waals surface area contributed by atoms with Crippen molar-refractivity contribution < 1.29 is 0 Å². The smallest absolute Gasteiger partial charge is 0.143 e. The average molecular weight is 272 g/mol. The van der Waals surface area contributed by atoms with Crippen LogP contribution in [0.5, 0.6) is 0 Å². The second kappa shape index (κ2) is 5.15. The van der Waals surface area contributed by atoms with Gasteiger partial charge in [-0.15, -0.1) is 16.4 Å². The molecular formula is C12H12N6S. The number of para-hydroxylation sites is 2. The predicted octanol–water partition coefficient (Wildman–Crippen LogP) is 2.29. The molecule has 0 saturated carbocycles. The van der Waals surface area contributed by atoms with E-state index in [2.05, 4.69) is 32.7 Å². The highest BCUT2D eigenvalue weighted by Crippen LogP contribution is 2.25. The first-order valence-electron chi connectivity index (χ1n) is 5.82. The van der Waals surface area contributed by atoms with Gasteiger partial charge in [0, 0.05) is 11.1 Å². The first-order chi connectivity index (χ1) is 9.34. The highest BCUT2D eigenvalue weighted by Gasteiger charge is 2.10. The van der Waals surface area contributed by atoms with E-state index in [4.69, 9.17) is 0 Å². The van der Waals surface area contributed by atoms with Gasteiger partial charge in [0.15, 0.2) is 0 Å². The van der Waals surface area contributed by atoms with Gasteiger partial charge in [0.25, 0.3) is 0 Å². The lowest BCUT2D eigenvalue weighted by molar-refractivity contribution is 0.786. The molecule has 0 amide bonds. The third-order valence-electron chi connectivity index (χ3n) is 2.75. The van der Waals surface area contributed by atoms with Crippen LogP contribution in [0.25, 0.3) is 5.69 Å². The molecule has 3 aromatic rings. The van der Waals surface area contributed by atoms with E-state index in [-0.39, 0.29) is 6.04 Å². The zero-order chi connectivity index (χ0) is 13.1. The van der Waals surface area contributed by atoms with Crippen molar-refractivity contribution >= 4 is 17.0 Å². The molecule has 3 rings (SSSR count). The first kappa shape index (κ1) is 11.8. The number of hydrogen-bond donors (Lipinski definition) is 1. The second-order valence-corrected chi connectivity index (χ2v) is 4.96. The average Bonchev–Trinajstić information content (AvgIpc) is 3.13. The minimum absolute atomic E-state index is 0.185. The van der Waals surface area contributed by atoms with Gasteiger partial charge in [0.1, 0.15) is 6.33 Å². The summed E-state index contributed by atoms with van der Waals surface area (Å²) in [5.41, 5.74) is 3.74. The van der Waals surface area contributed by atoms with Crippen LogP contribution in [-0.2, 0) is 0 Å². The molecule has 0 saturated heterocycles. The van der Waals surface area contributed by atoms with Gasteiger partial charge in [-0.25, -0.2) is 0 Å². The van der Waals surface area contributed by atoms with Crippen LogP contribution in [-0.4, -0.2) is 25.2 Å². The molecule has 19 heavy (non-hydrogen) atoms. The molecule has 1 unspecified atom stereocenters. The summed E-state index contributed by atoms with van der Waals surface area (Å²) in [6.45, 7) is 2.10. The molecule has 6 nitrogen and oxygen atoms in total. The molecular weight excluding hydrogens is 260 g/mol. The highest BCUT2D eigenvalue weighted by atomic mass is 32.1. The summed E-state index contributed by atoms with van der Waals surface area (Å²) in [4.78, 5) is 5.28. The van der Waals surface area contributed by atoms with E-state index in [0.29, 0.717) is 0 Å². The fourth-order valence-electron chi connectivity index (χ4n) is 1.81. The second-order valence-electron chi connectivity index (χ2n) is 4.04. The number of tetrazole rings is 1. The molecule has 1 aromatic carbocycles. The Kier molecular flexibility index (Phi) is 3.20. The fourth-order valence-corrected chi connectivity index (χ4v) is 2.44. The van der Waals surface area contributed by atoms with Gasteiger partial charge < -0.3 is 5.32 Å². The number of hydrogen-bond acceptors (Lipinski definition) is 6. The molecule has 0 fully saturated rings. The van der Waals surface area contributed by atoms with Gasteiger partial charge >= 0.3 is 0 Å². The number of nitrogens with zero attached hydrogens (tertiary/aromatic N) is 5. The van der Waals surface area contributed by atoms with Crippen LogP contribution < -0.4 is 5.32 Å². The highest BCUT2D eigenvalue weighted by molar-refractivity contribution is 7.09. The number of aromatic nitrogens is 5. The minimum Gasteiger partial charge on any atom is -0.376 e. The van der Waals surface area contributed by atoms with Crippen LogP contribution in [0, 0.1) is 0 Å². The Morgan fingerprint density at radius 2 is 2.21 bits per heavy atom. The summed E-state index contributed by atoms with van der Waals surface area (Å²) in [5.74, 6) is 0. The molecule has 0 aliphatic rings. The van der Waals surface area contributed by atoms with Crippen LogP contribution in [0.4, 0.5) is 5.69 Å². The molecule has 0 bridgehead atoms. The summed E-state index contributed by atoms with van der Waals surface area (Å²) in [6.07, 6.45) is 3.46. The third-order valence-corrected chi connectivity index (χ3v) is 3.71. The monoisotopic (exact) mass is 272 g/mol. The zero-order valence-corrected chi connectivity index (χ0v) is 11.1. The summed E-state index contributed by atoms with van der Waals surface area (Å²) < 4.78 is 1.64. The maximum Gasteiger partial charge on any atom is 0.143 e. The van der Waals surface area contributed by atoms with E-state index in [1.165, 1.54) is 4.88 Å². The third kappa shape index (κ3) is 2.45. The molecule has 7 heteroatoms. The minimum atomic E-state index is 0.185. The number of anilines is 1. The number of nitrogens with one attached hydrogen (secondary N) is 1. The van der Waals surface area contributed by atoms with Crippen molar-refractivity contribution in [3.05, 3.63) is 47.2 Å². The molecule has 0 aliphatic heterocycles. The van der Waals surface area contributed by atoms with Crippen molar-refractivity contribution in [3.8, 4) is 5.69 Å². The normalized spacial score (nSPS) is 12.3. The Hall–Kier alpha value is -2.28. The van der Waals surface area contributed by atoms with E-state index in [0.717, 1.165) is 11.4 Å². The molecule has 96 valence electrons. The molecule has 0 aliphatic carbocycles. The van der Waals surface area contributed by atoms with Crippen LogP contribution in [0.3, 0.4) is 0 Å². The van der Waals surface area contributed by atoms with Gasteiger partial charge in [-0.3, -0.25) is 4.98 Å². The zero-order valence-electron chi connectivity index (χ0n) is 10.3. The van der Waals surface area contributed by atoms with E-state index in [1.807, 2.05) is 36.0 Å². The van der Waals surface area contributed by atoms with Gasteiger partial charge in [0.05, 0.1) is 22.9 Å². The van der Waals surface area contributed by atoms with E-state index in [9.17, 15) is 0 Å². The summed E-state index contributed by atoms with van der Waals surface area (Å²) >= 11 is 1.63. The molecule has 0 spiro atoms. The van der Waals surface area contributed by atoms with Gasteiger partial charge in [-0.2, -0.15) is 4.68 Å². The molecule has 2 heterocycles. The summed E-state index contributed by atoms with van der Waals surface area (Å²) in [6, 6.07) is 8.10. The Labute approximate surface area is 114 Å². The molecule has 1 atom stereocenters. The van der Waals surface area contributed by atoms with Crippen molar-refractivity contribution in [2.75, 3.05) is 5.32 Å². The summed E-state index contributed by atoms with van der Waals surface area (Å²) in [7, 11) is 0. The van der Waals surface area contributed by atoms with E-state index < -0.39 is 0 Å². The van der Waals surface area contributed by atoms with Gasteiger partial charge in [0.2, 0.25) is 0 Å². The summed E-state index contributed by atoms with van der Waals surface area (Å²) in [5, 5.41) is 14.7. The van der Waals surface area contributed by atoms with Crippen molar-refractivity contribution in [2.24, 2.45) is 0 Å². The fraction of sp³-hybridized carbons (Fsp3) is 0.167. The largest absolute Gasteiger partial charge is 0.376 e. The Balaban J connectivity index is 1.89. The van der Waals surface area contributed by atoms with Crippen molar-refractivity contribution in [2.45, 2.75) is 13.0 Å². The van der Waals surface area contributed by atoms with Crippen molar-refractivity contribution in [1.82, 2.24) is 25.2 Å². The quantitative estimate of drug-likeness (QED) is 0.789. The number of rotatable bonds is 4. The maximum absolute atomic E-state index is 4.10. The van der Waals surface area contributed by atoms with E-state index >= 15 is 0 Å². The van der Waals surface area contributed by atoms with E-state index in [1.54, 1.807) is 22.3 Å². The number of thiazole rings is 1. The Morgan fingerprint density at radius 1 is 1.32 bits per heavy atom.